The minimum atomic E-state index is -0.921. The molecule has 0 aliphatic rings. The minimum Gasteiger partial charge on any atom is -0.255 e. The third kappa shape index (κ3) is 4.73. The van der Waals surface area contributed by atoms with Crippen molar-refractivity contribution in [3.63, 3.8) is 0 Å². The molecule has 1 unspecified atom stereocenters. The summed E-state index contributed by atoms with van der Waals surface area (Å²) in [5.41, 5.74) is 1.19. The van der Waals surface area contributed by atoms with Gasteiger partial charge in [0.1, 0.15) is 0 Å². The van der Waals surface area contributed by atoms with E-state index in [1.807, 2.05) is 26.0 Å². The summed E-state index contributed by atoms with van der Waals surface area (Å²) < 4.78 is 10.9. The second kappa shape index (κ2) is 5.08. The quantitative estimate of drug-likeness (QED) is 0.594. The Balaban J connectivity index is 4.50. The molecule has 1 nitrogen and oxygen atoms in total. The molecule has 0 amide bonds. The molecule has 0 N–H and O–H groups in total. The molecule has 0 aromatic heterocycles. The van der Waals surface area contributed by atoms with Gasteiger partial charge in [-0.1, -0.05) is 24.3 Å². The Kier molecular flexibility index (Phi) is 4.79. The maximum Gasteiger partial charge on any atom is 0.0497 e. The summed E-state index contributed by atoms with van der Waals surface area (Å²) in [6.07, 6.45) is 7.03. The van der Waals surface area contributed by atoms with E-state index in [9.17, 15) is 4.21 Å². The van der Waals surface area contributed by atoms with E-state index in [1.165, 1.54) is 5.57 Å². The molecule has 0 fully saturated rings. The SMILES string of the molecule is C=C/C(=C\C=C(C)C)S(C)=O. The predicted octanol–water partition coefficient (Wildman–Crippen LogP) is 2.40. The van der Waals surface area contributed by atoms with Crippen LogP contribution in [-0.4, -0.2) is 10.5 Å². The van der Waals surface area contributed by atoms with E-state index < -0.39 is 10.8 Å². The lowest BCUT2D eigenvalue weighted by molar-refractivity contribution is 0.691. The van der Waals surface area contributed by atoms with Gasteiger partial charge >= 0.3 is 0 Å². The maximum absolute atomic E-state index is 10.9. The van der Waals surface area contributed by atoms with Gasteiger partial charge in [0.15, 0.2) is 0 Å². The fourth-order valence-electron chi connectivity index (χ4n) is 0.530. The largest absolute Gasteiger partial charge is 0.255 e. The first-order valence-electron chi connectivity index (χ1n) is 3.39. The van der Waals surface area contributed by atoms with E-state index in [0.717, 1.165) is 4.91 Å². The highest BCUT2D eigenvalue weighted by Gasteiger charge is 1.92. The fraction of sp³-hybridized carbons (Fsp3) is 0.333. The third-order valence-electron chi connectivity index (χ3n) is 1.11. The summed E-state index contributed by atoms with van der Waals surface area (Å²) in [5, 5.41) is 0. The molecule has 0 rings (SSSR count). The van der Waals surface area contributed by atoms with Gasteiger partial charge in [-0.25, -0.2) is 0 Å². The van der Waals surface area contributed by atoms with Crippen LogP contribution in [0.3, 0.4) is 0 Å². The monoisotopic (exact) mass is 170 g/mol. The maximum atomic E-state index is 10.9. The molecule has 1 atom stereocenters. The van der Waals surface area contributed by atoms with Crippen LogP contribution in [0.4, 0.5) is 0 Å². The van der Waals surface area contributed by atoms with Crippen LogP contribution in [0.25, 0.3) is 0 Å². The molecule has 62 valence electrons. The molecule has 0 heterocycles. The molecule has 11 heavy (non-hydrogen) atoms. The van der Waals surface area contributed by atoms with Crippen molar-refractivity contribution < 1.29 is 4.21 Å². The van der Waals surface area contributed by atoms with Crippen LogP contribution in [0.5, 0.6) is 0 Å². The first-order chi connectivity index (χ1) is 5.07. The predicted molar refractivity (Wildman–Crippen MR) is 51.8 cm³/mol. The third-order valence-corrected chi connectivity index (χ3v) is 2.08. The number of rotatable bonds is 3. The molecule has 0 aromatic carbocycles. The topological polar surface area (TPSA) is 17.1 Å². The Bertz CT molecular complexity index is 220. The second-order valence-electron chi connectivity index (χ2n) is 2.47. The van der Waals surface area contributed by atoms with Gasteiger partial charge in [-0.15, -0.1) is 0 Å². The van der Waals surface area contributed by atoms with Crippen molar-refractivity contribution >= 4 is 10.8 Å². The zero-order chi connectivity index (χ0) is 8.85. The van der Waals surface area contributed by atoms with Crippen molar-refractivity contribution in [1.29, 1.82) is 0 Å². The highest BCUT2D eigenvalue weighted by molar-refractivity contribution is 7.88. The van der Waals surface area contributed by atoms with Gasteiger partial charge in [-0.2, -0.15) is 0 Å². The molecule has 0 aliphatic carbocycles. The van der Waals surface area contributed by atoms with Crippen LogP contribution in [0, 0.1) is 0 Å². The van der Waals surface area contributed by atoms with Crippen molar-refractivity contribution in [1.82, 2.24) is 0 Å². The molecular weight excluding hydrogens is 156 g/mol. The lowest BCUT2D eigenvalue weighted by Crippen LogP contribution is -1.86. The fourth-order valence-corrected chi connectivity index (χ4v) is 1.02. The first-order valence-corrected chi connectivity index (χ1v) is 4.94. The average Bonchev–Trinajstić information content (AvgIpc) is 1.87. The zero-order valence-corrected chi connectivity index (χ0v) is 8.07. The molecule has 0 saturated heterocycles. The van der Waals surface area contributed by atoms with Crippen molar-refractivity contribution in [3.8, 4) is 0 Å². The number of hydrogen-bond donors (Lipinski definition) is 0. The highest BCUT2D eigenvalue weighted by atomic mass is 32.2. The van der Waals surface area contributed by atoms with Gasteiger partial charge < -0.3 is 0 Å². The van der Waals surface area contributed by atoms with Crippen LogP contribution in [-0.2, 0) is 10.8 Å². The Morgan fingerprint density at radius 2 is 1.91 bits per heavy atom. The Labute approximate surface area is 71.0 Å². The second-order valence-corrected chi connectivity index (χ2v) is 3.85. The molecule has 0 aliphatic heterocycles. The molecule has 0 aromatic rings. The number of hydrogen-bond acceptors (Lipinski definition) is 1. The van der Waals surface area contributed by atoms with E-state index in [0.29, 0.717) is 0 Å². The molecule has 0 bridgehead atoms. The molecule has 0 spiro atoms. The summed E-state index contributed by atoms with van der Waals surface area (Å²) in [4.78, 5) is 0.770. The van der Waals surface area contributed by atoms with Gasteiger partial charge in [0, 0.05) is 22.0 Å². The molecule has 0 radical (unpaired) electrons. The van der Waals surface area contributed by atoms with Gasteiger partial charge in [-0.05, 0) is 19.9 Å². The highest BCUT2D eigenvalue weighted by Crippen LogP contribution is 2.02. The van der Waals surface area contributed by atoms with E-state index in [2.05, 4.69) is 6.58 Å². The Morgan fingerprint density at radius 1 is 1.36 bits per heavy atom. The van der Waals surface area contributed by atoms with Gasteiger partial charge in [0.2, 0.25) is 0 Å². The van der Waals surface area contributed by atoms with Crippen LogP contribution in [0.2, 0.25) is 0 Å². The lowest BCUT2D eigenvalue weighted by Gasteiger charge is -1.92. The first kappa shape index (κ1) is 10.4. The molecular formula is C9H14OS. The van der Waals surface area contributed by atoms with Crippen LogP contribution >= 0.6 is 0 Å². The molecule has 2 heteroatoms. The summed E-state index contributed by atoms with van der Waals surface area (Å²) in [6, 6.07) is 0. The van der Waals surface area contributed by atoms with Crippen LogP contribution in [0.1, 0.15) is 13.8 Å². The van der Waals surface area contributed by atoms with Gasteiger partial charge in [0.25, 0.3) is 0 Å². The van der Waals surface area contributed by atoms with Crippen LogP contribution in [0.15, 0.2) is 35.3 Å². The van der Waals surface area contributed by atoms with Crippen molar-refractivity contribution in [3.05, 3.63) is 35.3 Å². The van der Waals surface area contributed by atoms with Gasteiger partial charge in [-0.3, -0.25) is 4.21 Å². The van der Waals surface area contributed by atoms with E-state index in [4.69, 9.17) is 0 Å². The summed E-state index contributed by atoms with van der Waals surface area (Å²) in [5.74, 6) is 0. The Morgan fingerprint density at radius 3 is 2.18 bits per heavy atom. The summed E-state index contributed by atoms with van der Waals surface area (Å²) in [7, 11) is -0.921. The van der Waals surface area contributed by atoms with Crippen LogP contribution < -0.4 is 0 Å². The van der Waals surface area contributed by atoms with E-state index in [1.54, 1.807) is 12.3 Å². The van der Waals surface area contributed by atoms with Gasteiger partial charge in [0.05, 0.1) is 0 Å². The summed E-state index contributed by atoms with van der Waals surface area (Å²) in [6.45, 7) is 7.56. The Hall–Kier alpha value is -0.630. The summed E-state index contributed by atoms with van der Waals surface area (Å²) >= 11 is 0. The van der Waals surface area contributed by atoms with E-state index in [-0.39, 0.29) is 0 Å². The van der Waals surface area contributed by atoms with E-state index >= 15 is 0 Å². The van der Waals surface area contributed by atoms with Crippen molar-refractivity contribution in [2.75, 3.05) is 6.26 Å². The minimum absolute atomic E-state index is 0.770. The molecule has 0 saturated carbocycles. The lowest BCUT2D eigenvalue weighted by atomic mass is 10.3. The smallest absolute Gasteiger partial charge is 0.0497 e. The van der Waals surface area contributed by atoms with Crippen molar-refractivity contribution in [2.45, 2.75) is 13.8 Å². The van der Waals surface area contributed by atoms with Crippen molar-refractivity contribution in [2.24, 2.45) is 0 Å². The number of allylic oxidation sites excluding steroid dienone is 4. The average molecular weight is 170 g/mol. The standard InChI is InChI=1S/C9H14OS/c1-5-9(11(4)10)7-6-8(2)3/h5-7H,1H2,2-4H3/b9-7+. The normalized spacial score (nSPS) is 13.9. The zero-order valence-electron chi connectivity index (χ0n) is 7.26.